The number of nitrogens with zero attached hydrogens (tertiary/aromatic N) is 1. The topological polar surface area (TPSA) is 90.2 Å². The van der Waals surface area contributed by atoms with Gasteiger partial charge in [-0.05, 0) is 18.2 Å². The Labute approximate surface area is 110 Å². The van der Waals surface area contributed by atoms with Crippen molar-refractivity contribution in [1.29, 1.82) is 5.26 Å². The van der Waals surface area contributed by atoms with Gasteiger partial charge in [-0.25, -0.2) is 8.42 Å². The fraction of sp³-hybridized carbons (Fsp3) is 0.364. The summed E-state index contributed by atoms with van der Waals surface area (Å²) in [5.41, 5.74) is 0.870. The van der Waals surface area contributed by atoms with Crippen LogP contribution in [0.5, 0.6) is 0 Å². The Morgan fingerprint density at radius 3 is 2.72 bits per heavy atom. The van der Waals surface area contributed by atoms with Crippen LogP contribution in [0.3, 0.4) is 0 Å². The SMILES string of the molecule is N#Cc1ccc(Cl)c(NC2CS(=O)(=O)CC2O)c1. The van der Waals surface area contributed by atoms with E-state index < -0.39 is 22.0 Å². The Bertz CT molecular complexity index is 609. The van der Waals surface area contributed by atoms with Gasteiger partial charge in [0, 0.05) is 0 Å². The summed E-state index contributed by atoms with van der Waals surface area (Å²) in [6, 6.07) is 6.02. The third kappa shape index (κ3) is 2.75. The van der Waals surface area contributed by atoms with E-state index in [1.165, 1.54) is 6.07 Å². The quantitative estimate of drug-likeness (QED) is 0.838. The molecule has 96 valence electrons. The highest BCUT2D eigenvalue weighted by molar-refractivity contribution is 7.91. The molecule has 2 atom stereocenters. The lowest BCUT2D eigenvalue weighted by Gasteiger charge is -2.17. The van der Waals surface area contributed by atoms with E-state index in [9.17, 15) is 13.5 Å². The van der Waals surface area contributed by atoms with Gasteiger partial charge < -0.3 is 10.4 Å². The molecule has 0 bridgehead atoms. The van der Waals surface area contributed by atoms with E-state index in [-0.39, 0.29) is 11.5 Å². The first-order chi connectivity index (χ1) is 8.41. The highest BCUT2D eigenvalue weighted by atomic mass is 35.5. The Morgan fingerprint density at radius 1 is 1.44 bits per heavy atom. The minimum Gasteiger partial charge on any atom is -0.390 e. The first kappa shape index (κ1) is 13.1. The largest absolute Gasteiger partial charge is 0.390 e. The summed E-state index contributed by atoms with van der Waals surface area (Å²) in [6.45, 7) is 0. The van der Waals surface area contributed by atoms with E-state index in [2.05, 4.69) is 5.32 Å². The minimum atomic E-state index is -3.21. The number of anilines is 1. The van der Waals surface area contributed by atoms with Crippen molar-refractivity contribution in [2.75, 3.05) is 16.8 Å². The van der Waals surface area contributed by atoms with Crippen LogP contribution in [-0.4, -0.2) is 37.2 Å². The fourth-order valence-electron chi connectivity index (χ4n) is 1.87. The molecule has 0 aliphatic carbocycles. The van der Waals surface area contributed by atoms with Crippen molar-refractivity contribution in [3.8, 4) is 6.07 Å². The van der Waals surface area contributed by atoms with Crippen molar-refractivity contribution in [1.82, 2.24) is 0 Å². The predicted molar refractivity (Wildman–Crippen MR) is 68.2 cm³/mol. The molecule has 1 aromatic rings. The molecule has 0 radical (unpaired) electrons. The van der Waals surface area contributed by atoms with Crippen LogP contribution in [0.4, 0.5) is 5.69 Å². The summed E-state index contributed by atoms with van der Waals surface area (Å²) < 4.78 is 22.7. The third-order valence-corrected chi connectivity index (χ3v) is 4.80. The molecule has 1 aromatic carbocycles. The first-order valence-corrected chi connectivity index (χ1v) is 7.46. The maximum Gasteiger partial charge on any atom is 0.155 e. The van der Waals surface area contributed by atoms with Crippen LogP contribution < -0.4 is 5.32 Å². The van der Waals surface area contributed by atoms with Crippen LogP contribution in [0.2, 0.25) is 5.02 Å². The van der Waals surface area contributed by atoms with Crippen molar-refractivity contribution in [2.24, 2.45) is 0 Å². The van der Waals surface area contributed by atoms with Gasteiger partial charge in [-0.2, -0.15) is 5.26 Å². The molecule has 2 unspecified atom stereocenters. The fourth-order valence-corrected chi connectivity index (χ4v) is 3.79. The summed E-state index contributed by atoms with van der Waals surface area (Å²) in [6.07, 6.45) is -0.961. The molecule has 5 nitrogen and oxygen atoms in total. The Balaban J connectivity index is 2.23. The molecule has 7 heteroatoms. The predicted octanol–water partition coefficient (Wildman–Crippen LogP) is 0.781. The van der Waals surface area contributed by atoms with Gasteiger partial charge in [0.15, 0.2) is 9.84 Å². The summed E-state index contributed by atoms with van der Waals surface area (Å²) in [5, 5.41) is 21.7. The van der Waals surface area contributed by atoms with Crippen molar-refractivity contribution >= 4 is 27.1 Å². The van der Waals surface area contributed by atoms with Gasteiger partial charge in [0.05, 0.1) is 46.0 Å². The lowest BCUT2D eigenvalue weighted by Crippen LogP contribution is -2.31. The summed E-state index contributed by atoms with van der Waals surface area (Å²) >= 11 is 5.95. The molecule has 1 saturated heterocycles. The Kier molecular flexibility index (Phi) is 3.48. The number of halogens is 1. The van der Waals surface area contributed by atoms with Gasteiger partial charge >= 0.3 is 0 Å². The molecule has 0 aromatic heterocycles. The number of aliphatic hydroxyl groups is 1. The molecular formula is C11H11ClN2O3S. The summed E-state index contributed by atoms with van der Waals surface area (Å²) in [4.78, 5) is 0. The number of nitrogens with one attached hydrogen (secondary N) is 1. The van der Waals surface area contributed by atoms with Gasteiger partial charge in [0.2, 0.25) is 0 Å². The lowest BCUT2D eigenvalue weighted by atomic mass is 10.1. The molecule has 2 rings (SSSR count). The standard InChI is InChI=1S/C11H11ClN2O3S/c12-8-2-1-7(4-13)3-9(8)14-10-5-18(16,17)6-11(10)15/h1-3,10-11,14-15H,5-6H2. The van der Waals surface area contributed by atoms with E-state index >= 15 is 0 Å². The van der Waals surface area contributed by atoms with Gasteiger partial charge in [0.1, 0.15) is 0 Å². The van der Waals surface area contributed by atoms with Crippen LogP contribution in [0, 0.1) is 11.3 Å². The van der Waals surface area contributed by atoms with Gasteiger partial charge in [-0.15, -0.1) is 0 Å². The van der Waals surface area contributed by atoms with Crippen LogP contribution in [-0.2, 0) is 9.84 Å². The summed E-state index contributed by atoms with van der Waals surface area (Å²) in [7, 11) is -3.21. The number of benzene rings is 1. The van der Waals surface area contributed by atoms with E-state index in [4.69, 9.17) is 16.9 Å². The van der Waals surface area contributed by atoms with Crippen molar-refractivity contribution in [3.05, 3.63) is 28.8 Å². The molecule has 2 N–H and O–H groups in total. The number of aliphatic hydroxyl groups excluding tert-OH is 1. The molecule has 1 heterocycles. The van der Waals surface area contributed by atoms with Gasteiger partial charge in [-0.1, -0.05) is 11.6 Å². The highest BCUT2D eigenvalue weighted by Crippen LogP contribution is 2.26. The molecular weight excluding hydrogens is 276 g/mol. The maximum absolute atomic E-state index is 11.4. The first-order valence-electron chi connectivity index (χ1n) is 5.26. The van der Waals surface area contributed by atoms with Gasteiger partial charge in [-0.3, -0.25) is 0 Å². The van der Waals surface area contributed by atoms with Crippen LogP contribution in [0.15, 0.2) is 18.2 Å². The summed E-state index contributed by atoms with van der Waals surface area (Å²) in [5.74, 6) is -0.387. The maximum atomic E-state index is 11.4. The molecule has 1 aliphatic rings. The number of hydrogen-bond donors (Lipinski definition) is 2. The normalized spacial score (nSPS) is 25.6. The van der Waals surface area contributed by atoms with Crippen molar-refractivity contribution in [3.63, 3.8) is 0 Å². The molecule has 0 spiro atoms. The minimum absolute atomic E-state index is 0.138. The van der Waals surface area contributed by atoms with Crippen LogP contribution in [0.1, 0.15) is 5.56 Å². The Morgan fingerprint density at radius 2 is 2.17 bits per heavy atom. The highest BCUT2D eigenvalue weighted by Gasteiger charge is 2.36. The third-order valence-electron chi connectivity index (χ3n) is 2.76. The molecule has 18 heavy (non-hydrogen) atoms. The van der Waals surface area contributed by atoms with E-state index in [0.29, 0.717) is 16.3 Å². The zero-order valence-electron chi connectivity index (χ0n) is 9.30. The van der Waals surface area contributed by atoms with Crippen molar-refractivity contribution < 1.29 is 13.5 Å². The number of rotatable bonds is 2. The van der Waals surface area contributed by atoms with E-state index in [1.807, 2.05) is 6.07 Å². The smallest absolute Gasteiger partial charge is 0.155 e. The Hall–Kier alpha value is -1.29. The number of sulfone groups is 1. The number of nitriles is 1. The van der Waals surface area contributed by atoms with E-state index in [1.54, 1.807) is 12.1 Å². The zero-order chi connectivity index (χ0) is 13.3. The monoisotopic (exact) mass is 286 g/mol. The van der Waals surface area contributed by atoms with Gasteiger partial charge in [0.25, 0.3) is 0 Å². The molecule has 1 aliphatic heterocycles. The van der Waals surface area contributed by atoms with Crippen LogP contribution in [0.25, 0.3) is 0 Å². The van der Waals surface area contributed by atoms with Crippen LogP contribution >= 0.6 is 11.6 Å². The zero-order valence-corrected chi connectivity index (χ0v) is 10.9. The number of hydrogen-bond acceptors (Lipinski definition) is 5. The average molecular weight is 287 g/mol. The second-order valence-corrected chi connectivity index (χ2v) is 6.76. The second kappa shape index (κ2) is 4.76. The molecule has 0 amide bonds. The lowest BCUT2D eigenvalue weighted by molar-refractivity contribution is 0.190. The molecule has 0 saturated carbocycles. The van der Waals surface area contributed by atoms with Crippen molar-refractivity contribution in [2.45, 2.75) is 12.1 Å². The van der Waals surface area contributed by atoms with E-state index in [0.717, 1.165) is 0 Å². The second-order valence-electron chi connectivity index (χ2n) is 4.20. The molecule has 1 fully saturated rings. The average Bonchev–Trinajstić information content (AvgIpc) is 2.55.